The second-order valence-electron chi connectivity index (χ2n) is 5.32. The van der Waals surface area contributed by atoms with E-state index in [2.05, 4.69) is 5.32 Å². The number of hydrogen-bond donors (Lipinski definition) is 3. The van der Waals surface area contributed by atoms with Crippen molar-refractivity contribution in [3.63, 3.8) is 0 Å². The first kappa shape index (κ1) is 19.2. The summed E-state index contributed by atoms with van der Waals surface area (Å²) in [5.41, 5.74) is 1.35. The molecule has 3 N–H and O–H groups in total. The van der Waals surface area contributed by atoms with E-state index in [-0.39, 0.29) is 30.0 Å². The second-order valence-corrected chi connectivity index (χ2v) is 5.32. The number of ketones is 1. The highest BCUT2D eigenvalue weighted by atomic mass is 35.5. The summed E-state index contributed by atoms with van der Waals surface area (Å²) in [6.07, 6.45) is -0.299. The third-order valence-corrected chi connectivity index (χ3v) is 3.60. The lowest BCUT2D eigenvalue weighted by molar-refractivity contribution is 0.0971. The van der Waals surface area contributed by atoms with Gasteiger partial charge in [0.15, 0.2) is 5.78 Å². The molecule has 0 amide bonds. The number of phenols is 1. The van der Waals surface area contributed by atoms with Crippen LogP contribution in [-0.2, 0) is 0 Å². The van der Waals surface area contributed by atoms with Crippen LogP contribution in [0, 0.1) is 0 Å². The Balaban J connectivity index is 0.00000264. The molecular weight excluding hydrogens is 314 g/mol. The number of carbonyl (C=O) groups is 1. The van der Waals surface area contributed by atoms with Crippen molar-refractivity contribution < 1.29 is 15.0 Å². The first-order valence-corrected chi connectivity index (χ1v) is 7.36. The standard InChI is InChI=1S/C18H21NO3.ClH/c1-13(18(22)14-6-3-2-4-7-14)19-11-10-17(21)15-8-5-9-16(20)12-15;/h2-9,12-13,18-20,22H,10-11H2,1H3;1H/t13-,18-;/m0./s1. The van der Waals surface area contributed by atoms with Gasteiger partial charge in [0.05, 0.1) is 6.10 Å². The predicted octanol–water partition coefficient (Wildman–Crippen LogP) is 3.10. The molecule has 0 spiro atoms. The fourth-order valence-electron chi connectivity index (χ4n) is 2.29. The lowest BCUT2D eigenvalue weighted by Crippen LogP contribution is -2.33. The van der Waals surface area contributed by atoms with Crippen LogP contribution in [0.5, 0.6) is 5.75 Å². The molecule has 5 heteroatoms. The van der Waals surface area contributed by atoms with Gasteiger partial charge in [-0.05, 0) is 24.6 Å². The summed E-state index contributed by atoms with van der Waals surface area (Å²) < 4.78 is 0. The Bertz CT molecular complexity index is 619. The third-order valence-electron chi connectivity index (χ3n) is 3.60. The number of carbonyl (C=O) groups excluding carboxylic acids is 1. The van der Waals surface area contributed by atoms with E-state index in [4.69, 9.17) is 0 Å². The van der Waals surface area contributed by atoms with Crippen LogP contribution in [0.4, 0.5) is 0 Å². The van der Waals surface area contributed by atoms with E-state index < -0.39 is 6.10 Å². The van der Waals surface area contributed by atoms with Crippen LogP contribution in [0.2, 0.25) is 0 Å². The van der Waals surface area contributed by atoms with Crippen molar-refractivity contribution in [2.24, 2.45) is 0 Å². The van der Waals surface area contributed by atoms with Crippen LogP contribution in [0.25, 0.3) is 0 Å². The molecule has 0 saturated heterocycles. The van der Waals surface area contributed by atoms with Crippen LogP contribution < -0.4 is 5.32 Å². The molecule has 124 valence electrons. The summed E-state index contributed by atoms with van der Waals surface area (Å²) in [6, 6.07) is 15.6. The van der Waals surface area contributed by atoms with Gasteiger partial charge in [-0.1, -0.05) is 42.5 Å². The van der Waals surface area contributed by atoms with Crippen molar-refractivity contribution in [3.05, 3.63) is 65.7 Å². The van der Waals surface area contributed by atoms with Gasteiger partial charge in [0.1, 0.15) is 5.75 Å². The largest absolute Gasteiger partial charge is 0.508 e. The van der Waals surface area contributed by atoms with E-state index in [1.54, 1.807) is 12.1 Å². The maximum Gasteiger partial charge on any atom is 0.164 e. The summed E-state index contributed by atoms with van der Waals surface area (Å²) >= 11 is 0. The van der Waals surface area contributed by atoms with Crippen molar-refractivity contribution in [1.29, 1.82) is 0 Å². The molecule has 0 aliphatic carbocycles. The Morgan fingerprint density at radius 1 is 1.13 bits per heavy atom. The molecule has 0 aromatic heterocycles. The van der Waals surface area contributed by atoms with Gasteiger partial charge in [-0.25, -0.2) is 0 Å². The molecule has 2 aromatic rings. The zero-order chi connectivity index (χ0) is 15.9. The number of Topliss-reactive ketones (excluding diaryl/α,β-unsaturated/α-hetero) is 1. The van der Waals surface area contributed by atoms with Crippen molar-refractivity contribution in [3.8, 4) is 5.75 Å². The van der Waals surface area contributed by atoms with Crippen molar-refractivity contribution in [2.45, 2.75) is 25.5 Å². The predicted molar refractivity (Wildman–Crippen MR) is 93.2 cm³/mol. The monoisotopic (exact) mass is 335 g/mol. The molecule has 0 saturated carbocycles. The third kappa shape index (κ3) is 5.67. The Morgan fingerprint density at radius 2 is 1.83 bits per heavy atom. The molecule has 2 rings (SSSR count). The van der Waals surface area contributed by atoms with Gasteiger partial charge in [-0.3, -0.25) is 4.79 Å². The molecule has 2 atom stereocenters. The second kappa shape index (κ2) is 9.30. The maximum atomic E-state index is 12.0. The van der Waals surface area contributed by atoms with E-state index >= 15 is 0 Å². The van der Waals surface area contributed by atoms with Crippen LogP contribution in [-0.4, -0.2) is 28.6 Å². The van der Waals surface area contributed by atoms with Gasteiger partial charge in [0.2, 0.25) is 0 Å². The molecular formula is C18H22ClNO3. The van der Waals surface area contributed by atoms with Gasteiger partial charge in [-0.15, -0.1) is 12.4 Å². The maximum absolute atomic E-state index is 12.0. The number of phenolic OH excluding ortho intramolecular Hbond substituents is 1. The zero-order valence-electron chi connectivity index (χ0n) is 13.0. The smallest absolute Gasteiger partial charge is 0.164 e. The van der Waals surface area contributed by atoms with Crippen LogP contribution in [0.15, 0.2) is 54.6 Å². The topological polar surface area (TPSA) is 69.6 Å². The first-order valence-electron chi connectivity index (χ1n) is 7.36. The number of rotatable bonds is 7. The summed E-state index contributed by atoms with van der Waals surface area (Å²) in [7, 11) is 0. The summed E-state index contributed by atoms with van der Waals surface area (Å²) in [5.74, 6) is 0.0523. The average Bonchev–Trinajstić information content (AvgIpc) is 2.54. The minimum absolute atomic E-state index is 0. The fraction of sp³-hybridized carbons (Fsp3) is 0.278. The highest BCUT2D eigenvalue weighted by Crippen LogP contribution is 2.16. The zero-order valence-corrected chi connectivity index (χ0v) is 13.8. The van der Waals surface area contributed by atoms with Gasteiger partial charge in [-0.2, -0.15) is 0 Å². The molecule has 0 heterocycles. The summed E-state index contributed by atoms with van der Waals surface area (Å²) in [5, 5.41) is 22.8. The van der Waals surface area contributed by atoms with E-state index in [1.807, 2.05) is 37.3 Å². The van der Waals surface area contributed by atoms with Crippen molar-refractivity contribution >= 4 is 18.2 Å². The summed E-state index contributed by atoms with van der Waals surface area (Å²) in [4.78, 5) is 12.0. The molecule has 0 unspecified atom stereocenters. The fourth-order valence-corrected chi connectivity index (χ4v) is 2.29. The van der Waals surface area contributed by atoms with Crippen LogP contribution in [0.3, 0.4) is 0 Å². The number of nitrogens with one attached hydrogen (secondary N) is 1. The Labute approximate surface area is 142 Å². The molecule has 0 aliphatic heterocycles. The molecule has 0 radical (unpaired) electrons. The molecule has 0 fully saturated rings. The normalized spacial score (nSPS) is 13.0. The first-order chi connectivity index (χ1) is 10.6. The number of halogens is 1. The summed E-state index contributed by atoms with van der Waals surface area (Å²) in [6.45, 7) is 2.36. The molecule has 2 aromatic carbocycles. The number of aliphatic hydroxyl groups excluding tert-OH is 1. The van der Waals surface area contributed by atoms with Crippen LogP contribution in [0.1, 0.15) is 35.4 Å². The minimum atomic E-state index is -0.614. The number of benzene rings is 2. The van der Waals surface area contributed by atoms with E-state index in [1.165, 1.54) is 12.1 Å². The van der Waals surface area contributed by atoms with E-state index in [9.17, 15) is 15.0 Å². The lowest BCUT2D eigenvalue weighted by atomic mass is 10.0. The molecule has 23 heavy (non-hydrogen) atoms. The van der Waals surface area contributed by atoms with Gasteiger partial charge < -0.3 is 15.5 Å². The average molecular weight is 336 g/mol. The number of aliphatic hydroxyl groups is 1. The quantitative estimate of drug-likeness (QED) is 0.680. The van der Waals surface area contributed by atoms with Crippen molar-refractivity contribution in [1.82, 2.24) is 5.32 Å². The van der Waals surface area contributed by atoms with Gasteiger partial charge >= 0.3 is 0 Å². The number of hydrogen-bond acceptors (Lipinski definition) is 4. The molecule has 0 aliphatic rings. The minimum Gasteiger partial charge on any atom is -0.508 e. The number of aromatic hydroxyl groups is 1. The van der Waals surface area contributed by atoms with E-state index in [0.29, 0.717) is 18.5 Å². The van der Waals surface area contributed by atoms with Gasteiger partial charge in [0.25, 0.3) is 0 Å². The van der Waals surface area contributed by atoms with Gasteiger partial charge in [0, 0.05) is 24.6 Å². The van der Waals surface area contributed by atoms with Crippen molar-refractivity contribution in [2.75, 3.05) is 6.54 Å². The SMILES string of the molecule is C[C@H](NCCC(=O)c1cccc(O)c1)[C@H](O)c1ccccc1.Cl. The Hall–Kier alpha value is -1.88. The highest BCUT2D eigenvalue weighted by Gasteiger charge is 2.16. The van der Waals surface area contributed by atoms with E-state index in [0.717, 1.165) is 5.56 Å². The Morgan fingerprint density at radius 3 is 2.48 bits per heavy atom. The molecule has 0 bridgehead atoms. The molecule has 4 nitrogen and oxygen atoms in total. The highest BCUT2D eigenvalue weighted by molar-refractivity contribution is 5.96. The lowest BCUT2D eigenvalue weighted by Gasteiger charge is -2.20. The Kier molecular flexibility index (Phi) is 7.75. The van der Waals surface area contributed by atoms with Crippen LogP contribution >= 0.6 is 12.4 Å².